The molecular formula is C12H7BrF2N2O. The number of rotatable bonds is 2. The van der Waals surface area contributed by atoms with E-state index >= 15 is 0 Å². The van der Waals surface area contributed by atoms with Crippen molar-refractivity contribution in [1.82, 2.24) is 9.97 Å². The number of nitrogens with zero attached hydrogens (tertiary/aromatic N) is 2. The number of carbonyl (C=O) groups excluding carboxylic acids is 1. The zero-order valence-electron chi connectivity index (χ0n) is 9.25. The molecule has 1 aromatic heterocycles. The number of halogens is 3. The number of aromatic nitrogens is 2. The smallest absolute Gasteiger partial charge is 0.236 e. The maximum Gasteiger partial charge on any atom is 0.236 e. The fourth-order valence-corrected chi connectivity index (χ4v) is 1.69. The predicted octanol–water partition coefficient (Wildman–Crippen LogP) is 3.06. The SMILES string of the molecule is Cc1cnc(C(=O)c2c(F)ccc(Br)c2F)nc1. The number of hydrogen-bond donors (Lipinski definition) is 0. The normalized spacial score (nSPS) is 10.4. The zero-order chi connectivity index (χ0) is 13.3. The summed E-state index contributed by atoms with van der Waals surface area (Å²) in [7, 11) is 0. The van der Waals surface area contributed by atoms with Crippen LogP contribution < -0.4 is 0 Å². The van der Waals surface area contributed by atoms with Crippen molar-refractivity contribution in [3.63, 3.8) is 0 Å². The van der Waals surface area contributed by atoms with Crippen LogP contribution in [0.25, 0.3) is 0 Å². The van der Waals surface area contributed by atoms with Crippen LogP contribution in [-0.4, -0.2) is 15.8 Å². The summed E-state index contributed by atoms with van der Waals surface area (Å²) < 4.78 is 27.2. The molecule has 1 heterocycles. The van der Waals surface area contributed by atoms with E-state index in [1.165, 1.54) is 18.5 Å². The second kappa shape index (κ2) is 4.89. The molecule has 0 saturated heterocycles. The molecule has 0 fully saturated rings. The Morgan fingerprint density at radius 3 is 2.44 bits per heavy atom. The number of benzene rings is 1. The van der Waals surface area contributed by atoms with Gasteiger partial charge in [-0.2, -0.15) is 0 Å². The van der Waals surface area contributed by atoms with Gasteiger partial charge in [0.25, 0.3) is 0 Å². The summed E-state index contributed by atoms with van der Waals surface area (Å²) in [6.45, 7) is 1.74. The van der Waals surface area contributed by atoms with Crippen LogP contribution in [0, 0.1) is 18.6 Å². The standard InChI is InChI=1S/C12H7BrF2N2O/c1-6-4-16-12(17-5-6)11(18)9-8(14)3-2-7(13)10(9)15/h2-5H,1H3. The van der Waals surface area contributed by atoms with Gasteiger partial charge < -0.3 is 0 Å². The number of carbonyl (C=O) groups is 1. The third kappa shape index (κ3) is 2.28. The first kappa shape index (κ1) is 12.8. The second-order valence-corrected chi connectivity index (χ2v) is 4.49. The molecule has 2 rings (SSSR count). The molecule has 0 unspecified atom stereocenters. The lowest BCUT2D eigenvalue weighted by atomic mass is 10.1. The molecule has 92 valence electrons. The average molecular weight is 313 g/mol. The molecule has 0 saturated carbocycles. The molecule has 0 aliphatic heterocycles. The highest BCUT2D eigenvalue weighted by Crippen LogP contribution is 2.23. The second-order valence-electron chi connectivity index (χ2n) is 3.63. The van der Waals surface area contributed by atoms with Gasteiger partial charge in [0.05, 0.1) is 10.0 Å². The van der Waals surface area contributed by atoms with Crippen molar-refractivity contribution in [2.45, 2.75) is 6.92 Å². The van der Waals surface area contributed by atoms with Crippen LogP contribution >= 0.6 is 15.9 Å². The third-order valence-electron chi connectivity index (χ3n) is 2.26. The van der Waals surface area contributed by atoms with Gasteiger partial charge in [-0.3, -0.25) is 4.79 Å². The van der Waals surface area contributed by atoms with Crippen LogP contribution in [-0.2, 0) is 0 Å². The topological polar surface area (TPSA) is 42.9 Å². The van der Waals surface area contributed by atoms with Crippen molar-refractivity contribution < 1.29 is 13.6 Å². The summed E-state index contributed by atoms with van der Waals surface area (Å²) in [6, 6.07) is 2.20. The van der Waals surface area contributed by atoms with Crippen molar-refractivity contribution in [3.05, 3.63) is 57.6 Å². The largest absolute Gasteiger partial charge is 0.285 e. The summed E-state index contributed by atoms with van der Waals surface area (Å²) in [4.78, 5) is 19.4. The lowest BCUT2D eigenvalue weighted by molar-refractivity contribution is 0.102. The summed E-state index contributed by atoms with van der Waals surface area (Å²) in [5.74, 6) is -3.02. The molecule has 6 heteroatoms. The van der Waals surface area contributed by atoms with Gasteiger partial charge in [0.2, 0.25) is 11.6 Å². The Bertz CT molecular complexity index is 614. The van der Waals surface area contributed by atoms with E-state index < -0.39 is 23.0 Å². The van der Waals surface area contributed by atoms with Crippen molar-refractivity contribution >= 4 is 21.7 Å². The van der Waals surface area contributed by atoms with E-state index in [0.717, 1.165) is 11.6 Å². The first-order chi connectivity index (χ1) is 8.50. The highest BCUT2D eigenvalue weighted by Gasteiger charge is 2.22. The Morgan fingerprint density at radius 1 is 1.22 bits per heavy atom. The van der Waals surface area contributed by atoms with Crippen LogP contribution in [0.1, 0.15) is 21.7 Å². The average Bonchev–Trinajstić information content (AvgIpc) is 2.35. The van der Waals surface area contributed by atoms with Gasteiger partial charge in [0.1, 0.15) is 5.82 Å². The van der Waals surface area contributed by atoms with E-state index in [-0.39, 0.29) is 10.3 Å². The maximum atomic E-state index is 13.7. The van der Waals surface area contributed by atoms with Gasteiger partial charge >= 0.3 is 0 Å². The fourth-order valence-electron chi connectivity index (χ4n) is 1.36. The van der Waals surface area contributed by atoms with E-state index in [2.05, 4.69) is 25.9 Å². The number of ketones is 1. The molecule has 0 N–H and O–H groups in total. The van der Waals surface area contributed by atoms with Gasteiger partial charge in [-0.15, -0.1) is 0 Å². The monoisotopic (exact) mass is 312 g/mol. The third-order valence-corrected chi connectivity index (χ3v) is 2.87. The first-order valence-electron chi connectivity index (χ1n) is 4.97. The molecule has 0 bridgehead atoms. The Balaban J connectivity index is 2.52. The lowest BCUT2D eigenvalue weighted by Crippen LogP contribution is -2.11. The molecule has 1 aromatic carbocycles. The minimum Gasteiger partial charge on any atom is -0.285 e. The number of aryl methyl sites for hydroxylation is 1. The minimum atomic E-state index is -0.954. The quantitative estimate of drug-likeness (QED) is 0.632. The summed E-state index contributed by atoms with van der Waals surface area (Å²) in [5, 5.41) is 0. The Morgan fingerprint density at radius 2 is 1.83 bits per heavy atom. The zero-order valence-corrected chi connectivity index (χ0v) is 10.8. The molecule has 0 atom stereocenters. The summed E-state index contributed by atoms with van der Waals surface area (Å²) in [5.41, 5.74) is 0.0926. The summed E-state index contributed by atoms with van der Waals surface area (Å²) >= 11 is 2.90. The van der Waals surface area contributed by atoms with Gasteiger partial charge in [-0.05, 0) is 40.5 Å². The Labute approximate surface area is 110 Å². The molecule has 0 aliphatic rings. The van der Waals surface area contributed by atoms with E-state index in [4.69, 9.17) is 0 Å². The Kier molecular flexibility index (Phi) is 3.47. The summed E-state index contributed by atoms with van der Waals surface area (Å²) in [6.07, 6.45) is 2.82. The lowest BCUT2D eigenvalue weighted by Gasteiger charge is -2.04. The molecule has 0 radical (unpaired) electrons. The minimum absolute atomic E-state index is 0.0133. The molecule has 0 spiro atoms. The fraction of sp³-hybridized carbons (Fsp3) is 0.0833. The van der Waals surface area contributed by atoms with Crippen molar-refractivity contribution in [2.24, 2.45) is 0 Å². The van der Waals surface area contributed by atoms with Crippen LogP contribution in [0.5, 0.6) is 0 Å². The van der Waals surface area contributed by atoms with Gasteiger partial charge in [0.15, 0.2) is 5.82 Å². The van der Waals surface area contributed by atoms with Gasteiger partial charge in [-0.1, -0.05) is 0 Å². The van der Waals surface area contributed by atoms with E-state index in [1.54, 1.807) is 6.92 Å². The van der Waals surface area contributed by atoms with Crippen molar-refractivity contribution in [1.29, 1.82) is 0 Å². The van der Waals surface area contributed by atoms with Gasteiger partial charge in [0, 0.05) is 12.4 Å². The molecule has 0 aliphatic carbocycles. The Hall–Kier alpha value is -1.69. The van der Waals surface area contributed by atoms with Crippen LogP contribution in [0.4, 0.5) is 8.78 Å². The highest BCUT2D eigenvalue weighted by molar-refractivity contribution is 9.10. The molecule has 18 heavy (non-hydrogen) atoms. The van der Waals surface area contributed by atoms with Crippen LogP contribution in [0.3, 0.4) is 0 Å². The first-order valence-corrected chi connectivity index (χ1v) is 5.77. The predicted molar refractivity (Wildman–Crippen MR) is 64.3 cm³/mol. The van der Waals surface area contributed by atoms with Crippen molar-refractivity contribution in [2.75, 3.05) is 0 Å². The van der Waals surface area contributed by atoms with E-state index in [0.29, 0.717) is 0 Å². The molecular weight excluding hydrogens is 306 g/mol. The number of hydrogen-bond acceptors (Lipinski definition) is 3. The highest BCUT2D eigenvalue weighted by atomic mass is 79.9. The van der Waals surface area contributed by atoms with E-state index in [1.807, 2.05) is 0 Å². The molecule has 0 amide bonds. The van der Waals surface area contributed by atoms with Crippen LogP contribution in [0.15, 0.2) is 29.0 Å². The molecule has 3 nitrogen and oxygen atoms in total. The molecule has 2 aromatic rings. The maximum absolute atomic E-state index is 13.7. The van der Waals surface area contributed by atoms with E-state index in [9.17, 15) is 13.6 Å². The van der Waals surface area contributed by atoms with Gasteiger partial charge in [-0.25, -0.2) is 18.7 Å². The van der Waals surface area contributed by atoms with Crippen LogP contribution in [0.2, 0.25) is 0 Å². The van der Waals surface area contributed by atoms with Crippen molar-refractivity contribution in [3.8, 4) is 0 Å².